The molecule has 1 aromatic carbocycles. The van der Waals surface area contributed by atoms with Crippen LogP contribution in [0.2, 0.25) is 5.02 Å². The molecule has 9 heteroatoms. The first-order chi connectivity index (χ1) is 13.3. The van der Waals surface area contributed by atoms with Gasteiger partial charge in [-0.2, -0.15) is 0 Å². The maximum absolute atomic E-state index is 14.6. The lowest BCUT2D eigenvalue weighted by Crippen LogP contribution is -2.40. The molecule has 1 N–H and O–H groups in total. The van der Waals surface area contributed by atoms with Gasteiger partial charge in [-0.15, -0.1) is 11.6 Å². The van der Waals surface area contributed by atoms with E-state index in [0.717, 1.165) is 12.1 Å². The maximum atomic E-state index is 14.6. The van der Waals surface area contributed by atoms with E-state index < -0.39 is 35.2 Å². The van der Waals surface area contributed by atoms with Crippen LogP contribution < -0.4 is 9.64 Å². The molecule has 1 aromatic rings. The molecule has 150 valence electrons. The van der Waals surface area contributed by atoms with Crippen molar-refractivity contribution in [1.29, 1.82) is 0 Å². The molecule has 0 aromatic heterocycles. The molecule has 1 aliphatic carbocycles. The highest BCUT2D eigenvalue weighted by molar-refractivity contribution is 6.35. The van der Waals surface area contributed by atoms with E-state index in [2.05, 4.69) is 6.58 Å². The van der Waals surface area contributed by atoms with Crippen LogP contribution in [0.1, 0.15) is 25.7 Å². The van der Waals surface area contributed by atoms with Gasteiger partial charge in [0.2, 0.25) is 5.91 Å². The molecule has 0 saturated carbocycles. The van der Waals surface area contributed by atoms with Gasteiger partial charge in [0, 0.05) is 17.2 Å². The SMILES string of the molecule is C=CCOc1cc(N(C(=O)CCl)C(=O)C2=C(C(=O)O)CCCC2)c(F)cc1Cl. The molecular weight excluding hydrogens is 412 g/mol. The van der Waals surface area contributed by atoms with Crippen molar-refractivity contribution < 1.29 is 28.6 Å². The molecule has 0 fully saturated rings. The van der Waals surface area contributed by atoms with Crippen molar-refractivity contribution in [3.8, 4) is 5.75 Å². The Bertz CT molecular complexity index is 853. The molecule has 2 amide bonds. The number of anilines is 1. The number of amides is 2. The Hall–Kier alpha value is -2.38. The molecule has 6 nitrogen and oxygen atoms in total. The van der Waals surface area contributed by atoms with Crippen molar-refractivity contribution in [1.82, 2.24) is 0 Å². The maximum Gasteiger partial charge on any atom is 0.332 e. The highest BCUT2D eigenvalue weighted by Gasteiger charge is 2.33. The average Bonchev–Trinajstić information content (AvgIpc) is 2.68. The lowest BCUT2D eigenvalue weighted by atomic mass is 9.90. The lowest BCUT2D eigenvalue weighted by Gasteiger charge is -2.25. The number of carboxylic acid groups (broad SMARTS) is 1. The second-order valence-corrected chi connectivity index (χ2v) is 6.65. The minimum Gasteiger partial charge on any atom is -0.488 e. The van der Waals surface area contributed by atoms with Crippen LogP contribution in [0.3, 0.4) is 0 Å². The number of carboxylic acids is 1. The van der Waals surface area contributed by atoms with E-state index in [-0.39, 0.29) is 41.4 Å². The Morgan fingerprint density at radius 1 is 1.25 bits per heavy atom. The van der Waals surface area contributed by atoms with Crippen molar-refractivity contribution in [3.05, 3.63) is 46.8 Å². The van der Waals surface area contributed by atoms with Gasteiger partial charge in [0.15, 0.2) is 0 Å². The smallest absolute Gasteiger partial charge is 0.332 e. The minimum absolute atomic E-state index is 0.0363. The summed E-state index contributed by atoms with van der Waals surface area (Å²) < 4.78 is 19.9. The standard InChI is InChI=1S/C19H18Cl2FNO5/c1-2-7-28-16-9-15(14(22)8-13(16)21)23(17(24)10-20)18(25)11-5-3-4-6-12(11)19(26)27/h2,8-9H,1,3-7,10H2,(H,26,27). The Morgan fingerprint density at radius 3 is 2.46 bits per heavy atom. The summed E-state index contributed by atoms with van der Waals surface area (Å²) in [4.78, 5) is 37.5. The molecule has 0 unspecified atom stereocenters. The number of rotatable bonds is 7. The third-order valence-corrected chi connectivity index (χ3v) is 4.67. The van der Waals surface area contributed by atoms with E-state index in [4.69, 9.17) is 27.9 Å². The van der Waals surface area contributed by atoms with Crippen LogP contribution >= 0.6 is 23.2 Å². The lowest BCUT2D eigenvalue weighted by molar-refractivity contribution is -0.133. The van der Waals surface area contributed by atoms with E-state index >= 15 is 0 Å². The predicted octanol–water partition coefficient (Wildman–Crippen LogP) is 4.10. The Kier molecular flexibility index (Phi) is 7.60. The van der Waals surface area contributed by atoms with Crippen LogP contribution in [0.5, 0.6) is 5.75 Å². The summed E-state index contributed by atoms with van der Waals surface area (Å²) in [7, 11) is 0. The van der Waals surface area contributed by atoms with Crippen LogP contribution in [0, 0.1) is 5.82 Å². The van der Waals surface area contributed by atoms with Crippen LogP contribution in [0.25, 0.3) is 0 Å². The predicted molar refractivity (Wildman–Crippen MR) is 103 cm³/mol. The quantitative estimate of drug-likeness (QED) is 0.520. The first kappa shape index (κ1) is 21.9. The molecule has 0 saturated heterocycles. The molecular formula is C19H18Cl2FNO5. The van der Waals surface area contributed by atoms with Gasteiger partial charge in [0.25, 0.3) is 5.91 Å². The van der Waals surface area contributed by atoms with Crippen LogP contribution in [0.4, 0.5) is 10.1 Å². The molecule has 2 rings (SSSR count). The van der Waals surface area contributed by atoms with E-state index in [0.29, 0.717) is 17.7 Å². The molecule has 0 heterocycles. The number of imide groups is 1. The number of alkyl halides is 1. The Morgan fingerprint density at radius 2 is 1.89 bits per heavy atom. The van der Waals surface area contributed by atoms with Gasteiger partial charge < -0.3 is 9.84 Å². The van der Waals surface area contributed by atoms with Gasteiger partial charge in [0.1, 0.15) is 24.1 Å². The van der Waals surface area contributed by atoms with Gasteiger partial charge in [-0.1, -0.05) is 24.3 Å². The number of benzene rings is 1. The summed E-state index contributed by atoms with van der Waals surface area (Å²) in [6.45, 7) is 3.56. The number of ether oxygens (including phenoxy) is 1. The zero-order valence-corrected chi connectivity index (χ0v) is 16.4. The second-order valence-electron chi connectivity index (χ2n) is 5.97. The third kappa shape index (κ3) is 4.72. The van der Waals surface area contributed by atoms with Crippen LogP contribution in [-0.2, 0) is 14.4 Å². The molecule has 0 bridgehead atoms. The van der Waals surface area contributed by atoms with E-state index in [1.807, 2.05) is 0 Å². The highest BCUT2D eigenvalue weighted by atomic mass is 35.5. The van der Waals surface area contributed by atoms with Crippen LogP contribution in [0.15, 0.2) is 35.9 Å². The number of halogens is 3. The molecule has 0 aliphatic heterocycles. The van der Waals surface area contributed by atoms with Gasteiger partial charge in [-0.05, 0) is 31.7 Å². The number of carbonyl (C=O) groups excluding carboxylic acids is 2. The normalized spacial score (nSPS) is 13.8. The summed E-state index contributed by atoms with van der Waals surface area (Å²) in [6.07, 6.45) is 2.99. The number of hydrogen-bond donors (Lipinski definition) is 1. The zero-order chi connectivity index (χ0) is 20.8. The molecule has 0 atom stereocenters. The fraction of sp³-hybridized carbons (Fsp3) is 0.316. The van der Waals surface area contributed by atoms with Crippen molar-refractivity contribution in [2.24, 2.45) is 0 Å². The second kappa shape index (κ2) is 9.71. The third-order valence-electron chi connectivity index (χ3n) is 4.15. The summed E-state index contributed by atoms with van der Waals surface area (Å²) in [5, 5.41) is 9.32. The molecule has 0 spiro atoms. The van der Waals surface area contributed by atoms with E-state index in [1.165, 1.54) is 6.08 Å². The number of hydrogen-bond acceptors (Lipinski definition) is 4. The van der Waals surface area contributed by atoms with Crippen LogP contribution in [-0.4, -0.2) is 35.4 Å². The summed E-state index contributed by atoms with van der Waals surface area (Å²) >= 11 is 11.6. The molecule has 0 radical (unpaired) electrons. The zero-order valence-electron chi connectivity index (χ0n) is 14.8. The van der Waals surface area contributed by atoms with Crippen molar-refractivity contribution in [2.45, 2.75) is 25.7 Å². The number of nitrogens with zero attached hydrogens (tertiary/aromatic N) is 1. The van der Waals surface area contributed by atoms with Crippen molar-refractivity contribution >= 4 is 46.7 Å². The monoisotopic (exact) mass is 429 g/mol. The minimum atomic E-state index is -1.24. The first-order valence-electron chi connectivity index (χ1n) is 8.43. The van der Waals surface area contributed by atoms with Gasteiger partial charge >= 0.3 is 5.97 Å². The van der Waals surface area contributed by atoms with Crippen molar-refractivity contribution in [3.63, 3.8) is 0 Å². The van der Waals surface area contributed by atoms with E-state index in [9.17, 15) is 23.9 Å². The Labute approximate surface area is 171 Å². The van der Waals surface area contributed by atoms with Crippen molar-refractivity contribution in [2.75, 3.05) is 17.4 Å². The largest absolute Gasteiger partial charge is 0.488 e. The van der Waals surface area contributed by atoms with Gasteiger partial charge in [-0.3, -0.25) is 9.59 Å². The number of aliphatic carboxylic acids is 1. The topological polar surface area (TPSA) is 83.9 Å². The summed E-state index contributed by atoms with van der Waals surface area (Å²) in [6, 6.07) is 2.01. The van der Waals surface area contributed by atoms with Gasteiger partial charge in [0.05, 0.1) is 10.7 Å². The summed E-state index contributed by atoms with van der Waals surface area (Å²) in [5.41, 5.74) is -0.539. The first-order valence-corrected chi connectivity index (χ1v) is 9.34. The fourth-order valence-corrected chi connectivity index (χ4v) is 3.20. The Balaban J connectivity index is 2.58. The average molecular weight is 430 g/mol. The molecule has 1 aliphatic rings. The molecule has 28 heavy (non-hydrogen) atoms. The fourth-order valence-electron chi connectivity index (χ4n) is 2.88. The highest BCUT2D eigenvalue weighted by Crippen LogP contribution is 2.35. The van der Waals surface area contributed by atoms with E-state index in [1.54, 1.807) is 0 Å². The summed E-state index contributed by atoms with van der Waals surface area (Å²) in [5.74, 6) is -4.58. The van der Waals surface area contributed by atoms with Gasteiger partial charge in [-0.25, -0.2) is 14.1 Å². The number of carbonyl (C=O) groups is 3.